The molecule has 1 atom stereocenters. The van der Waals surface area contributed by atoms with Gasteiger partial charge in [-0.3, -0.25) is 29.6 Å². The van der Waals surface area contributed by atoms with E-state index in [1.54, 1.807) is 62.4 Å². The highest BCUT2D eigenvalue weighted by molar-refractivity contribution is 7.07. The van der Waals surface area contributed by atoms with E-state index in [0.717, 1.165) is 29.5 Å². The third-order valence-corrected chi connectivity index (χ3v) is 7.96. The lowest BCUT2D eigenvalue weighted by atomic mass is 9.95. The molecule has 5 rings (SSSR count). The monoisotopic (exact) mass is 646 g/mol. The minimum atomic E-state index is -0.880. The minimum Gasteiger partial charge on any atom is -0.493 e. The van der Waals surface area contributed by atoms with E-state index in [1.807, 2.05) is 0 Å². The molecule has 236 valence electrons. The molecule has 0 radical (unpaired) electrons. The van der Waals surface area contributed by atoms with Crippen molar-refractivity contribution in [3.63, 3.8) is 0 Å². The van der Waals surface area contributed by atoms with Crippen molar-refractivity contribution in [3.05, 3.63) is 123 Å². The zero-order valence-corrected chi connectivity index (χ0v) is 25.7. The molecule has 0 bridgehead atoms. The van der Waals surface area contributed by atoms with Gasteiger partial charge < -0.3 is 18.9 Å². The summed E-state index contributed by atoms with van der Waals surface area (Å²) in [6, 6.07) is 13.8. The van der Waals surface area contributed by atoms with Crippen LogP contribution in [0.5, 0.6) is 23.0 Å². The Hall–Kier alpha value is -5.83. The molecule has 4 aromatic rings. The molecule has 1 aliphatic rings. The number of hydrogen-bond donors (Lipinski definition) is 0. The molecule has 1 aliphatic heterocycles. The van der Waals surface area contributed by atoms with Gasteiger partial charge in [0.1, 0.15) is 5.75 Å². The van der Waals surface area contributed by atoms with Gasteiger partial charge in [0, 0.05) is 6.07 Å². The summed E-state index contributed by atoms with van der Waals surface area (Å²) in [5, 5.41) is 22.6. The Morgan fingerprint density at radius 3 is 2.41 bits per heavy atom. The van der Waals surface area contributed by atoms with Gasteiger partial charge in [-0.05, 0) is 61.4 Å². The number of esters is 1. The van der Waals surface area contributed by atoms with Crippen LogP contribution in [0.4, 0.5) is 11.4 Å². The molecule has 14 nitrogen and oxygen atoms in total. The van der Waals surface area contributed by atoms with Crippen LogP contribution in [0, 0.1) is 20.2 Å². The SMILES string of the molecule is CCOC(=O)C1=C(C)N=c2s/c(=C\c3cccc(Oc4ccc([N+](=O)[O-])cc4[N+](=O)[O-])c3)c(=O)n2[C@@H]1c1ccc(OC)c(OC)c1. The second-order valence-electron chi connectivity index (χ2n) is 9.76. The first-order valence-electron chi connectivity index (χ1n) is 13.7. The van der Waals surface area contributed by atoms with E-state index in [1.165, 1.54) is 18.8 Å². The molecule has 0 saturated carbocycles. The number of nitrogens with zero attached hydrogens (tertiary/aromatic N) is 4. The first-order valence-corrected chi connectivity index (χ1v) is 14.5. The zero-order chi connectivity index (χ0) is 33.1. The smallest absolute Gasteiger partial charge is 0.338 e. The summed E-state index contributed by atoms with van der Waals surface area (Å²) in [6.07, 6.45) is 1.61. The van der Waals surface area contributed by atoms with Gasteiger partial charge in [-0.2, -0.15) is 0 Å². The molecule has 1 aromatic heterocycles. The fraction of sp³-hybridized carbons (Fsp3) is 0.194. The summed E-state index contributed by atoms with van der Waals surface area (Å²) in [7, 11) is 2.99. The number of rotatable bonds is 10. The van der Waals surface area contributed by atoms with Crippen LogP contribution < -0.4 is 29.1 Å². The Labute approximate surface area is 264 Å². The van der Waals surface area contributed by atoms with Crippen LogP contribution in [0.1, 0.15) is 31.0 Å². The number of aromatic nitrogens is 1. The van der Waals surface area contributed by atoms with Gasteiger partial charge in [-0.25, -0.2) is 9.79 Å². The highest BCUT2D eigenvalue weighted by atomic mass is 32.1. The quantitative estimate of drug-likeness (QED) is 0.136. The normalized spacial score (nSPS) is 14.3. The average molecular weight is 647 g/mol. The van der Waals surface area contributed by atoms with Crippen molar-refractivity contribution in [2.24, 2.45) is 4.99 Å². The minimum absolute atomic E-state index is 0.125. The van der Waals surface area contributed by atoms with Gasteiger partial charge in [0.25, 0.3) is 11.2 Å². The molecular formula is C31H26N4O10S. The largest absolute Gasteiger partial charge is 0.493 e. The molecule has 46 heavy (non-hydrogen) atoms. The molecule has 0 fully saturated rings. The van der Waals surface area contributed by atoms with Crippen LogP contribution in [0.25, 0.3) is 6.08 Å². The Balaban J connectivity index is 1.60. The number of non-ortho nitro benzene ring substituents is 1. The van der Waals surface area contributed by atoms with E-state index in [0.29, 0.717) is 37.7 Å². The van der Waals surface area contributed by atoms with Gasteiger partial charge in [0.05, 0.1) is 58.6 Å². The number of nitro groups is 2. The highest BCUT2D eigenvalue weighted by Crippen LogP contribution is 2.37. The van der Waals surface area contributed by atoms with Gasteiger partial charge >= 0.3 is 11.7 Å². The number of allylic oxidation sites excluding steroid dienone is 1. The molecule has 0 N–H and O–H groups in total. The van der Waals surface area contributed by atoms with E-state index in [4.69, 9.17) is 18.9 Å². The van der Waals surface area contributed by atoms with Gasteiger partial charge in [0.2, 0.25) is 5.75 Å². The van der Waals surface area contributed by atoms with Gasteiger partial charge in [-0.1, -0.05) is 29.5 Å². The van der Waals surface area contributed by atoms with Crippen molar-refractivity contribution in [3.8, 4) is 23.0 Å². The number of thiazole rings is 1. The van der Waals surface area contributed by atoms with Crippen LogP contribution in [-0.2, 0) is 9.53 Å². The van der Waals surface area contributed by atoms with Crippen molar-refractivity contribution >= 4 is 34.8 Å². The lowest BCUT2D eigenvalue weighted by molar-refractivity contribution is -0.394. The molecule has 0 aliphatic carbocycles. The average Bonchev–Trinajstić information content (AvgIpc) is 3.33. The molecule has 3 aromatic carbocycles. The predicted octanol–water partition coefficient (Wildman–Crippen LogP) is 4.42. The third-order valence-electron chi connectivity index (χ3n) is 6.97. The first kappa shape index (κ1) is 31.6. The summed E-state index contributed by atoms with van der Waals surface area (Å²) < 4.78 is 23.6. The van der Waals surface area contributed by atoms with Crippen LogP contribution in [-0.4, -0.2) is 41.2 Å². The summed E-state index contributed by atoms with van der Waals surface area (Å²) >= 11 is 1.12. The second-order valence-corrected chi connectivity index (χ2v) is 10.8. The lowest BCUT2D eigenvalue weighted by Gasteiger charge is -2.25. The standard InChI is InChI=1S/C31H26N4O10S/c1-5-44-30(37)27-17(2)32-31-33(28(27)19-9-11-24(42-3)25(15-19)43-4)29(36)26(46-31)14-18-7-6-8-21(13-18)45-23-12-10-20(34(38)39)16-22(23)35(40)41/h6-16,28H,5H2,1-4H3/b26-14-/t28-/m1/s1. The molecule has 0 amide bonds. The van der Waals surface area contributed by atoms with Gasteiger partial charge in [-0.15, -0.1) is 0 Å². The number of methoxy groups -OCH3 is 2. The number of nitro benzene ring substituents is 2. The Kier molecular flexibility index (Phi) is 8.95. The summed E-state index contributed by atoms with van der Waals surface area (Å²) in [4.78, 5) is 53.2. The van der Waals surface area contributed by atoms with Crippen LogP contribution in [0.15, 0.2) is 81.7 Å². The van der Waals surface area contributed by atoms with Crippen molar-refractivity contribution in [2.75, 3.05) is 20.8 Å². The van der Waals surface area contributed by atoms with Crippen molar-refractivity contribution < 1.29 is 33.6 Å². The van der Waals surface area contributed by atoms with E-state index < -0.39 is 38.8 Å². The third kappa shape index (κ3) is 6.08. The van der Waals surface area contributed by atoms with Crippen molar-refractivity contribution in [1.29, 1.82) is 0 Å². The maximum Gasteiger partial charge on any atom is 0.338 e. The van der Waals surface area contributed by atoms with Crippen molar-refractivity contribution in [1.82, 2.24) is 4.57 Å². The summed E-state index contributed by atoms with van der Waals surface area (Å²) in [6.45, 7) is 3.49. The van der Waals surface area contributed by atoms with Crippen LogP contribution in [0.3, 0.4) is 0 Å². The van der Waals surface area contributed by atoms with E-state index in [2.05, 4.69) is 4.99 Å². The van der Waals surface area contributed by atoms with E-state index >= 15 is 0 Å². The molecule has 2 heterocycles. The number of hydrogen-bond acceptors (Lipinski definition) is 12. The van der Waals surface area contributed by atoms with Crippen LogP contribution >= 0.6 is 11.3 Å². The molecule has 15 heteroatoms. The van der Waals surface area contributed by atoms with Crippen molar-refractivity contribution in [2.45, 2.75) is 19.9 Å². The second kappa shape index (κ2) is 13.0. The Morgan fingerprint density at radius 1 is 1.00 bits per heavy atom. The first-order chi connectivity index (χ1) is 22.1. The summed E-state index contributed by atoms with van der Waals surface area (Å²) in [5.41, 5.74) is 0.250. The fourth-order valence-electron chi connectivity index (χ4n) is 4.92. The van der Waals surface area contributed by atoms with E-state index in [-0.39, 0.29) is 23.7 Å². The number of fused-ring (bicyclic) bond motifs is 1. The predicted molar refractivity (Wildman–Crippen MR) is 166 cm³/mol. The molecule has 0 saturated heterocycles. The molecule has 0 spiro atoms. The van der Waals surface area contributed by atoms with E-state index in [9.17, 15) is 29.8 Å². The topological polar surface area (TPSA) is 175 Å². The maximum absolute atomic E-state index is 14.0. The highest BCUT2D eigenvalue weighted by Gasteiger charge is 2.34. The van der Waals surface area contributed by atoms with Gasteiger partial charge in [0.15, 0.2) is 16.3 Å². The molecule has 0 unspecified atom stereocenters. The number of ether oxygens (including phenoxy) is 4. The Morgan fingerprint density at radius 2 is 1.74 bits per heavy atom. The maximum atomic E-state index is 14.0. The lowest BCUT2D eigenvalue weighted by Crippen LogP contribution is -2.39. The van der Waals surface area contributed by atoms with Crippen LogP contribution in [0.2, 0.25) is 0 Å². The summed E-state index contributed by atoms with van der Waals surface area (Å²) in [5.74, 6) is 0.275. The zero-order valence-electron chi connectivity index (χ0n) is 24.9. The molecular weight excluding hydrogens is 620 g/mol. The number of benzene rings is 3. The number of carbonyl (C=O) groups excluding carboxylic acids is 1. The Bertz CT molecular complexity index is 2100. The fourth-order valence-corrected chi connectivity index (χ4v) is 5.97. The number of carbonyl (C=O) groups is 1.